The molecule has 7 heteroatoms. The summed E-state index contributed by atoms with van der Waals surface area (Å²) in [6.45, 7) is 6.99. The van der Waals surface area contributed by atoms with Crippen LogP contribution in [0.5, 0.6) is 0 Å². The Labute approximate surface area is 156 Å². The average Bonchev–Trinajstić information content (AvgIpc) is 2.93. The van der Waals surface area contributed by atoms with Gasteiger partial charge in [-0.15, -0.1) is 0 Å². The van der Waals surface area contributed by atoms with Crippen LogP contribution in [0.3, 0.4) is 0 Å². The predicted molar refractivity (Wildman–Crippen MR) is 99.1 cm³/mol. The summed E-state index contributed by atoms with van der Waals surface area (Å²) in [6, 6.07) is 7.10. The van der Waals surface area contributed by atoms with Crippen molar-refractivity contribution in [1.82, 2.24) is 15.5 Å². The number of rotatable bonds is 5. The normalized spacial score (nSPS) is 17.5. The van der Waals surface area contributed by atoms with Gasteiger partial charge in [0.15, 0.2) is 0 Å². The van der Waals surface area contributed by atoms with E-state index >= 15 is 0 Å². The second-order valence-electron chi connectivity index (χ2n) is 7.13. The average molecular weight is 410 g/mol. The Morgan fingerprint density at radius 2 is 1.92 bits per heavy atom. The monoisotopic (exact) mass is 409 g/mol. The van der Waals surface area contributed by atoms with Gasteiger partial charge in [-0.05, 0) is 39.0 Å². The van der Waals surface area contributed by atoms with Gasteiger partial charge < -0.3 is 15.5 Å². The lowest BCUT2D eigenvalue weighted by Crippen LogP contribution is -2.43. The quantitative estimate of drug-likeness (QED) is 0.729. The highest BCUT2D eigenvalue weighted by Crippen LogP contribution is 2.25. The van der Waals surface area contributed by atoms with Crippen molar-refractivity contribution in [1.29, 1.82) is 0 Å². The van der Waals surface area contributed by atoms with Crippen LogP contribution in [-0.4, -0.2) is 47.8 Å². The van der Waals surface area contributed by atoms with E-state index in [1.54, 1.807) is 23.1 Å². The third kappa shape index (κ3) is 5.29. The molecule has 1 aromatic carbocycles. The summed E-state index contributed by atoms with van der Waals surface area (Å²) in [5.41, 5.74) is 0.284. The Morgan fingerprint density at radius 1 is 1.24 bits per heavy atom. The standard InChI is InChI=1S/C18H24BrN3O3/c1-18(2,3)22-11-13(10-15(22)23)17(25)21-8-7-20-16(24)12-5-4-6-14(19)9-12/h4-6,9,13H,7-8,10-11H2,1-3H3,(H,20,24)(H,21,25). The van der Waals surface area contributed by atoms with Crippen molar-refractivity contribution in [3.8, 4) is 0 Å². The van der Waals surface area contributed by atoms with Crippen molar-refractivity contribution in [3.63, 3.8) is 0 Å². The Hall–Kier alpha value is -1.89. The van der Waals surface area contributed by atoms with Crippen molar-refractivity contribution in [2.24, 2.45) is 5.92 Å². The van der Waals surface area contributed by atoms with Gasteiger partial charge in [0.05, 0.1) is 5.92 Å². The number of carbonyl (C=O) groups excluding carboxylic acids is 3. The highest BCUT2D eigenvalue weighted by atomic mass is 79.9. The van der Waals surface area contributed by atoms with Crippen LogP contribution in [0.4, 0.5) is 0 Å². The van der Waals surface area contributed by atoms with Crippen LogP contribution in [-0.2, 0) is 9.59 Å². The molecular formula is C18H24BrN3O3. The highest BCUT2D eigenvalue weighted by Gasteiger charge is 2.39. The molecule has 1 unspecified atom stereocenters. The summed E-state index contributed by atoms with van der Waals surface area (Å²) in [5, 5.41) is 5.56. The van der Waals surface area contributed by atoms with Crippen molar-refractivity contribution >= 4 is 33.7 Å². The van der Waals surface area contributed by atoms with Crippen LogP contribution >= 0.6 is 15.9 Å². The van der Waals surface area contributed by atoms with E-state index in [1.165, 1.54) is 0 Å². The first-order chi connectivity index (χ1) is 11.7. The third-order valence-electron chi connectivity index (χ3n) is 4.10. The molecule has 1 fully saturated rings. The molecule has 1 heterocycles. The van der Waals surface area contributed by atoms with Gasteiger partial charge >= 0.3 is 0 Å². The van der Waals surface area contributed by atoms with E-state index in [-0.39, 0.29) is 35.6 Å². The molecule has 0 spiro atoms. The minimum absolute atomic E-state index is 0.00982. The molecule has 0 radical (unpaired) electrons. The lowest BCUT2D eigenvalue weighted by molar-refractivity contribution is -0.132. The number of carbonyl (C=O) groups is 3. The van der Waals surface area contributed by atoms with Crippen molar-refractivity contribution < 1.29 is 14.4 Å². The number of likely N-dealkylation sites (tertiary alicyclic amines) is 1. The topological polar surface area (TPSA) is 78.5 Å². The molecule has 136 valence electrons. The highest BCUT2D eigenvalue weighted by molar-refractivity contribution is 9.10. The summed E-state index contributed by atoms with van der Waals surface area (Å²) in [5.74, 6) is -0.648. The molecule has 1 saturated heterocycles. The van der Waals surface area contributed by atoms with E-state index in [0.717, 1.165) is 4.47 Å². The van der Waals surface area contributed by atoms with Gasteiger partial charge in [-0.3, -0.25) is 14.4 Å². The van der Waals surface area contributed by atoms with E-state index in [0.29, 0.717) is 25.2 Å². The fraction of sp³-hybridized carbons (Fsp3) is 0.500. The smallest absolute Gasteiger partial charge is 0.251 e. The van der Waals surface area contributed by atoms with Crippen molar-refractivity contribution in [2.75, 3.05) is 19.6 Å². The fourth-order valence-electron chi connectivity index (χ4n) is 2.77. The Kier molecular flexibility index (Phi) is 6.21. The fourth-order valence-corrected chi connectivity index (χ4v) is 3.17. The molecule has 1 atom stereocenters. The maximum absolute atomic E-state index is 12.2. The first-order valence-electron chi connectivity index (χ1n) is 8.30. The molecule has 25 heavy (non-hydrogen) atoms. The largest absolute Gasteiger partial charge is 0.354 e. The van der Waals surface area contributed by atoms with Gasteiger partial charge in [0.1, 0.15) is 0 Å². The van der Waals surface area contributed by atoms with Crippen LogP contribution in [0, 0.1) is 5.92 Å². The van der Waals surface area contributed by atoms with E-state index in [9.17, 15) is 14.4 Å². The summed E-state index contributed by atoms with van der Waals surface area (Å²) in [6.07, 6.45) is 0.244. The van der Waals surface area contributed by atoms with E-state index < -0.39 is 0 Å². The van der Waals surface area contributed by atoms with Crippen LogP contribution in [0.25, 0.3) is 0 Å². The molecule has 1 aromatic rings. The van der Waals surface area contributed by atoms with E-state index in [4.69, 9.17) is 0 Å². The summed E-state index contributed by atoms with van der Waals surface area (Å²) in [7, 11) is 0. The molecule has 2 rings (SSSR count). The summed E-state index contributed by atoms with van der Waals surface area (Å²) < 4.78 is 0.836. The summed E-state index contributed by atoms with van der Waals surface area (Å²) in [4.78, 5) is 38.0. The zero-order chi connectivity index (χ0) is 18.6. The van der Waals surface area contributed by atoms with Crippen LogP contribution in [0.2, 0.25) is 0 Å². The van der Waals surface area contributed by atoms with Gasteiger partial charge in [0.2, 0.25) is 11.8 Å². The number of nitrogens with one attached hydrogen (secondary N) is 2. The second kappa shape index (κ2) is 7.99. The number of halogens is 1. The Bertz CT molecular complexity index is 670. The Balaban J connectivity index is 1.74. The second-order valence-corrected chi connectivity index (χ2v) is 8.05. The van der Waals surface area contributed by atoms with Crippen molar-refractivity contribution in [2.45, 2.75) is 32.7 Å². The van der Waals surface area contributed by atoms with Crippen molar-refractivity contribution in [3.05, 3.63) is 34.3 Å². The van der Waals surface area contributed by atoms with Crippen LogP contribution < -0.4 is 10.6 Å². The van der Waals surface area contributed by atoms with Gasteiger partial charge in [0, 0.05) is 41.6 Å². The molecular weight excluding hydrogens is 386 g/mol. The van der Waals surface area contributed by atoms with E-state index in [1.807, 2.05) is 26.8 Å². The minimum atomic E-state index is -0.326. The third-order valence-corrected chi connectivity index (χ3v) is 4.60. The predicted octanol–water partition coefficient (Wildman–Crippen LogP) is 1.94. The molecule has 0 saturated carbocycles. The number of nitrogens with zero attached hydrogens (tertiary/aromatic N) is 1. The lowest BCUT2D eigenvalue weighted by Gasteiger charge is -2.31. The molecule has 2 N–H and O–H groups in total. The Morgan fingerprint density at radius 3 is 2.52 bits per heavy atom. The van der Waals surface area contributed by atoms with Gasteiger partial charge in [-0.1, -0.05) is 22.0 Å². The number of amides is 3. The van der Waals surface area contributed by atoms with Crippen LogP contribution in [0.15, 0.2) is 28.7 Å². The maximum atomic E-state index is 12.2. The molecule has 6 nitrogen and oxygen atoms in total. The summed E-state index contributed by atoms with van der Waals surface area (Å²) >= 11 is 3.32. The molecule has 1 aliphatic heterocycles. The van der Waals surface area contributed by atoms with Gasteiger partial charge in [-0.25, -0.2) is 0 Å². The first kappa shape index (κ1) is 19.4. The molecule has 1 aliphatic rings. The molecule has 0 bridgehead atoms. The minimum Gasteiger partial charge on any atom is -0.354 e. The molecule has 0 aliphatic carbocycles. The SMILES string of the molecule is CC(C)(C)N1CC(C(=O)NCCNC(=O)c2cccc(Br)c2)CC1=O. The van der Waals surface area contributed by atoms with Gasteiger partial charge in [0.25, 0.3) is 5.91 Å². The van der Waals surface area contributed by atoms with Gasteiger partial charge in [-0.2, -0.15) is 0 Å². The maximum Gasteiger partial charge on any atom is 0.251 e. The zero-order valence-corrected chi connectivity index (χ0v) is 16.4. The van der Waals surface area contributed by atoms with Crippen LogP contribution in [0.1, 0.15) is 37.6 Å². The first-order valence-corrected chi connectivity index (χ1v) is 9.09. The number of benzene rings is 1. The molecule has 3 amide bonds. The zero-order valence-electron chi connectivity index (χ0n) is 14.8. The number of hydrogen-bond acceptors (Lipinski definition) is 3. The van der Waals surface area contributed by atoms with E-state index in [2.05, 4.69) is 26.6 Å². The molecule has 0 aromatic heterocycles. The lowest BCUT2D eigenvalue weighted by atomic mass is 10.1. The number of hydrogen-bond donors (Lipinski definition) is 2.